The van der Waals surface area contributed by atoms with Gasteiger partial charge in [-0.25, -0.2) is 0 Å². The van der Waals surface area contributed by atoms with E-state index in [9.17, 15) is 14.4 Å². The molecule has 3 amide bonds. The topological polar surface area (TPSA) is 87.3 Å². The van der Waals surface area contributed by atoms with E-state index in [2.05, 4.69) is 16.0 Å². The first kappa shape index (κ1) is 19.4. The van der Waals surface area contributed by atoms with Crippen LogP contribution in [-0.2, 0) is 33.6 Å². The molecule has 6 nitrogen and oxygen atoms in total. The van der Waals surface area contributed by atoms with Crippen LogP contribution in [0, 0.1) is 0 Å². The maximum absolute atomic E-state index is 10.8. The number of amides is 3. The van der Waals surface area contributed by atoms with Gasteiger partial charge < -0.3 is 16.0 Å². The molecule has 0 spiro atoms. The summed E-state index contributed by atoms with van der Waals surface area (Å²) in [4.78, 5) is 32.4. The summed E-state index contributed by atoms with van der Waals surface area (Å²) in [7, 11) is 0. The Bertz CT molecular complexity index is 901. The zero-order valence-electron chi connectivity index (χ0n) is 16.3. The van der Waals surface area contributed by atoms with Gasteiger partial charge in [0.25, 0.3) is 0 Å². The molecule has 3 aliphatic heterocycles. The van der Waals surface area contributed by atoms with Gasteiger partial charge in [0, 0.05) is 17.1 Å². The number of anilines is 3. The van der Waals surface area contributed by atoms with Gasteiger partial charge in [0.05, 0.1) is 19.3 Å². The lowest BCUT2D eigenvalue weighted by atomic mass is 10.2. The van der Waals surface area contributed by atoms with Crippen molar-refractivity contribution in [1.29, 1.82) is 0 Å². The van der Waals surface area contributed by atoms with Crippen molar-refractivity contribution in [3.05, 3.63) is 89.5 Å². The first-order chi connectivity index (χ1) is 14.6. The van der Waals surface area contributed by atoms with Crippen molar-refractivity contribution in [1.82, 2.24) is 0 Å². The number of hydrogen-bond acceptors (Lipinski definition) is 3. The first-order valence-corrected chi connectivity index (χ1v) is 9.72. The molecule has 3 aromatic rings. The predicted octanol–water partition coefficient (Wildman–Crippen LogP) is 3.54. The average molecular weight is 399 g/mol. The Morgan fingerprint density at radius 2 is 0.700 bits per heavy atom. The highest BCUT2D eigenvalue weighted by molar-refractivity contribution is 6.00. The van der Waals surface area contributed by atoms with Crippen molar-refractivity contribution in [2.45, 2.75) is 19.3 Å². The van der Waals surface area contributed by atoms with E-state index >= 15 is 0 Å². The van der Waals surface area contributed by atoms with Crippen molar-refractivity contribution in [3.8, 4) is 0 Å². The minimum absolute atomic E-state index is 0.0983. The Hall–Kier alpha value is -3.93. The summed E-state index contributed by atoms with van der Waals surface area (Å²) in [6, 6.07) is 23.2. The highest BCUT2D eigenvalue weighted by Crippen LogP contribution is 2.22. The Morgan fingerprint density at radius 1 is 0.433 bits per heavy atom. The molecular formula is C24H21N3O3. The first-order valence-electron chi connectivity index (χ1n) is 9.72. The largest absolute Gasteiger partial charge is 0.326 e. The minimum atomic E-state index is 0.0983. The van der Waals surface area contributed by atoms with Gasteiger partial charge in [-0.3, -0.25) is 14.4 Å². The standard InChI is InChI=1S/3C8H7NO/c3*10-8-5-6-3-1-2-4-7(6)9-8/h3*1-4H,5H2,(H,9,10). The van der Waals surface area contributed by atoms with Crippen LogP contribution in [0.4, 0.5) is 17.1 Å². The van der Waals surface area contributed by atoms with Crippen molar-refractivity contribution < 1.29 is 14.4 Å². The van der Waals surface area contributed by atoms with Crippen LogP contribution in [-0.4, -0.2) is 17.7 Å². The molecule has 0 atom stereocenters. The minimum Gasteiger partial charge on any atom is -0.326 e. The van der Waals surface area contributed by atoms with Gasteiger partial charge in [0.2, 0.25) is 17.7 Å². The Morgan fingerprint density at radius 3 is 0.967 bits per heavy atom. The van der Waals surface area contributed by atoms with Crippen LogP contribution in [0.15, 0.2) is 72.8 Å². The van der Waals surface area contributed by atoms with Crippen LogP contribution in [0.5, 0.6) is 0 Å². The van der Waals surface area contributed by atoms with Gasteiger partial charge in [-0.1, -0.05) is 54.6 Å². The molecule has 3 heterocycles. The Balaban J connectivity index is 0.000000109. The SMILES string of the molecule is O=C1Cc2ccccc2N1.O=C1Cc2ccccc2N1.O=C1Cc2ccccc2N1. The van der Waals surface area contributed by atoms with E-state index in [0.29, 0.717) is 19.3 Å². The second-order valence-electron chi connectivity index (χ2n) is 7.15. The number of carbonyl (C=O) groups excluding carboxylic acids is 3. The molecule has 6 rings (SSSR count). The van der Waals surface area contributed by atoms with Crippen molar-refractivity contribution in [2.24, 2.45) is 0 Å². The van der Waals surface area contributed by atoms with Crippen LogP contribution >= 0.6 is 0 Å². The van der Waals surface area contributed by atoms with Crippen LogP contribution in [0.3, 0.4) is 0 Å². The molecule has 150 valence electrons. The van der Waals surface area contributed by atoms with Crippen LogP contribution in [0.25, 0.3) is 0 Å². The molecule has 0 unspecified atom stereocenters. The van der Waals surface area contributed by atoms with E-state index in [1.54, 1.807) is 0 Å². The smallest absolute Gasteiger partial charge is 0.228 e. The Kier molecular flexibility index (Phi) is 5.57. The fraction of sp³-hybridized carbons (Fsp3) is 0.125. The van der Waals surface area contributed by atoms with Crippen LogP contribution < -0.4 is 16.0 Å². The van der Waals surface area contributed by atoms with E-state index in [0.717, 1.165) is 33.8 Å². The van der Waals surface area contributed by atoms with Crippen LogP contribution in [0.2, 0.25) is 0 Å². The summed E-state index contributed by atoms with van der Waals surface area (Å²) < 4.78 is 0. The molecule has 0 fully saturated rings. The lowest BCUT2D eigenvalue weighted by Gasteiger charge is -1.93. The van der Waals surface area contributed by atoms with E-state index in [1.807, 2.05) is 72.8 Å². The van der Waals surface area contributed by atoms with Gasteiger partial charge in [-0.2, -0.15) is 0 Å². The number of nitrogens with one attached hydrogen (secondary N) is 3. The van der Waals surface area contributed by atoms with E-state index in [1.165, 1.54) is 0 Å². The quantitative estimate of drug-likeness (QED) is 0.540. The van der Waals surface area contributed by atoms with E-state index in [4.69, 9.17) is 0 Å². The molecule has 0 saturated heterocycles. The molecule has 0 aliphatic carbocycles. The molecule has 6 heteroatoms. The highest BCUT2D eigenvalue weighted by Gasteiger charge is 2.16. The molecule has 30 heavy (non-hydrogen) atoms. The molecule has 0 bridgehead atoms. The summed E-state index contributed by atoms with van der Waals surface area (Å²) >= 11 is 0. The van der Waals surface area contributed by atoms with Gasteiger partial charge in [0.1, 0.15) is 0 Å². The van der Waals surface area contributed by atoms with Crippen LogP contribution in [0.1, 0.15) is 16.7 Å². The maximum atomic E-state index is 10.8. The summed E-state index contributed by atoms with van der Waals surface area (Å²) in [6.45, 7) is 0. The lowest BCUT2D eigenvalue weighted by molar-refractivity contribution is -0.115. The molecule has 3 N–H and O–H groups in total. The highest BCUT2D eigenvalue weighted by atomic mass is 16.2. The number of fused-ring (bicyclic) bond motifs is 3. The zero-order valence-corrected chi connectivity index (χ0v) is 16.3. The Labute approximate surface area is 174 Å². The summed E-state index contributed by atoms with van der Waals surface area (Å²) in [5, 5.41) is 8.28. The van der Waals surface area contributed by atoms with Crippen molar-refractivity contribution >= 4 is 34.8 Å². The van der Waals surface area contributed by atoms with Crippen molar-refractivity contribution in [3.63, 3.8) is 0 Å². The molecule has 3 aromatic carbocycles. The summed E-state index contributed by atoms with van der Waals surface area (Å²) in [5.41, 5.74) is 6.21. The second kappa shape index (κ2) is 8.61. The normalized spacial score (nSPS) is 14.6. The van der Waals surface area contributed by atoms with Crippen molar-refractivity contribution in [2.75, 3.05) is 16.0 Å². The summed E-state index contributed by atoms with van der Waals surface area (Å²) in [5.74, 6) is 0.295. The number of para-hydroxylation sites is 3. The van der Waals surface area contributed by atoms with E-state index < -0.39 is 0 Å². The molecule has 0 radical (unpaired) electrons. The molecule has 3 aliphatic rings. The van der Waals surface area contributed by atoms with Gasteiger partial charge in [-0.05, 0) is 34.9 Å². The van der Waals surface area contributed by atoms with Gasteiger partial charge >= 0.3 is 0 Å². The third kappa shape index (κ3) is 4.55. The zero-order chi connectivity index (χ0) is 20.9. The average Bonchev–Trinajstić information content (AvgIpc) is 3.41. The number of carbonyl (C=O) groups is 3. The number of hydrogen-bond donors (Lipinski definition) is 3. The van der Waals surface area contributed by atoms with Gasteiger partial charge in [-0.15, -0.1) is 0 Å². The monoisotopic (exact) mass is 399 g/mol. The predicted molar refractivity (Wildman–Crippen MR) is 116 cm³/mol. The lowest BCUT2D eigenvalue weighted by Crippen LogP contribution is -2.03. The van der Waals surface area contributed by atoms with Gasteiger partial charge in [0.15, 0.2) is 0 Å². The summed E-state index contributed by atoms with van der Waals surface area (Å²) in [6.07, 6.45) is 1.61. The molecule has 0 aromatic heterocycles. The number of rotatable bonds is 0. The molecular weight excluding hydrogens is 378 g/mol. The third-order valence-electron chi connectivity index (χ3n) is 4.93. The fourth-order valence-electron chi connectivity index (χ4n) is 3.49. The van der Waals surface area contributed by atoms with E-state index in [-0.39, 0.29) is 17.7 Å². The third-order valence-corrected chi connectivity index (χ3v) is 4.93. The molecule has 0 saturated carbocycles. The number of benzene rings is 3. The second-order valence-corrected chi connectivity index (χ2v) is 7.15. The fourth-order valence-corrected chi connectivity index (χ4v) is 3.49. The maximum Gasteiger partial charge on any atom is 0.228 e.